The van der Waals surface area contributed by atoms with Gasteiger partial charge in [0.05, 0.1) is 6.26 Å². The standard InChI is InChI=1S/C22H18FNO4/c23-18-8-3-5-15(11-18)14-28-22(26)19-12-16-6-1-2-7-17(16)13-24(19)21(25)20-9-4-10-27-20/h1-11,19H,12-14H2/t19-/m0/s1. The minimum atomic E-state index is -0.777. The maximum absolute atomic E-state index is 13.3. The van der Waals surface area contributed by atoms with Gasteiger partial charge in [-0.2, -0.15) is 0 Å². The van der Waals surface area contributed by atoms with Crippen molar-refractivity contribution in [1.82, 2.24) is 4.90 Å². The molecule has 1 aliphatic heterocycles. The van der Waals surface area contributed by atoms with Crippen molar-refractivity contribution in [3.8, 4) is 0 Å². The summed E-state index contributed by atoms with van der Waals surface area (Å²) in [5.74, 6) is -1.12. The lowest BCUT2D eigenvalue weighted by Crippen LogP contribution is -2.49. The van der Waals surface area contributed by atoms with Gasteiger partial charge in [0, 0.05) is 13.0 Å². The van der Waals surface area contributed by atoms with E-state index in [0.717, 1.165) is 11.1 Å². The molecule has 0 saturated heterocycles. The number of hydrogen-bond donors (Lipinski definition) is 0. The number of carbonyl (C=O) groups is 2. The van der Waals surface area contributed by atoms with Crippen molar-refractivity contribution in [2.45, 2.75) is 25.6 Å². The van der Waals surface area contributed by atoms with Gasteiger partial charge in [-0.1, -0.05) is 36.4 Å². The molecule has 0 radical (unpaired) electrons. The molecule has 2 aromatic carbocycles. The quantitative estimate of drug-likeness (QED) is 0.648. The van der Waals surface area contributed by atoms with E-state index >= 15 is 0 Å². The van der Waals surface area contributed by atoms with Gasteiger partial charge in [-0.3, -0.25) is 4.79 Å². The molecule has 0 aliphatic carbocycles. The van der Waals surface area contributed by atoms with Crippen LogP contribution in [0.5, 0.6) is 0 Å². The van der Waals surface area contributed by atoms with E-state index in [1.165, 1.54) is 23.3 Å². The first-order chi connectivity index (χ1) is 13.6. The fourth-order valence-electron chi connectivity index (χ4n) is 3.37. The minimum Gasteiger partial charge on any atom is -0.459 e. The summed E-state index contributed by atoms with van der Waals surface area (Å²) < 4.78 is 24.0. The Bertz CT molecular complexity index is 999. The van der Waals surface area contributed by atoms with Crippen molar-refractivity contribution in [3.63, 3.8) is 0 Å². The van der Waals surface area contributed by atoms with E-state index in [9.17, 15) is 14.0 Å². The molecule has 0 bridgehead atoms. The lowest BCUT2D eigenvalue weighted by atomic mass is 9.93. The molecular weight excluding hydrogens is 361 g/mol. The Morgan fingerprint density at radius 3 is 2.64 bits per heavy atom. The van der Waals surface area contributed by atoms with Gasteiger partial charge >= 0.3 is 5.97 Å². The molecule has 1 aliphatic rings. The third-order valence-corrected chi connectivity index (χ3v) is 4.78. The summed E-state index contributed by atoms with van der Waals surface area (Å²) in [5, 5.41) is 0. The van der Waals surface area contributed by atoms with Crippen LogP contribution in [-0.4, -0.2) is 22.8 Å². The summed E-state index contributed by atoms with van der Waals surface area (Å²) in [6.07, 6.45) is 1.77. The van der Waals surface area contributed by atoms with E-state index in [0.29, 0.717) is 12.0 Å². The highest BCUT2D eigenvalue weighted by atomic mass is 19.1. The SMILES string of the molecule is O=C(OCc1cccc(F)c1)[C@@H]1Cc2ccccc2CN1C(=O)c1ccco1. The Balaban J connectivity index is 1.56. The van der Waals surface area contributed by atoms with E-state index in [4.69, 9.17) is 9.15 Å². The number of benzene rings is 2. The molecular formula is C22H18FNO4. The van der Waals surface area contributed by atoms with Crippen LogP contribution in [0.1, 0.15) is 27.2 Å². The Morgan fingerprint density at radius 1 is 1.07 bits per heavy atom. The van der Waals surface area contributed by atoms with E-state index in [1.807, 2.05) is 24.3 Å². The Kier molecular flexibility index (Phi) is 4.93. The lowest BCUT2D eigenvalue weighted by Gasteiger charge is -2.34. The zero-order valence-corrected chi connectivity index (χ0v) is 15.0. The predicted octanol–water partition coefficient (Wildman–Crippen LogP) is 3.73. The van der Waals surface area contributed by atoms with Crippen LogP contribution in [0.2, 0.25) is 0 Å². The molecule has 6 heteroatoms. The first kappa shape index (κ1) is 18.0. The average molecular weight is 379 g/mol. The van der Waals surface area contributed by atoms with Crippen LogP contribution >= 0.6 is 0 Å². The van der Waals surface area contributed by atoms with Gasteiger partial charge in [-0.15, -0.1) is 0 Å². The topological polar surface area (TPSA) is 59.8 Å². The zero-order chi connectivity index (χ0) is 19.5. The maximum Gasteiger partial charge on any atom is 0.329 e. The molecule has 4 rings (SSSR count). The van der Waals surface area contributed by atoms with Gasteiger partial charge < -0.3 is 14.1 Å². The second-order valence-corrected chi connectivity index (χ2v) is 6.64. The van der Waals surface area contributed by atoms with Crippen molar-refractivity contribution >= 4 is 11.9 Å². The molecule has 1 aromatic heterocycles. The van der Waals surface area contributed by atoms with Crippen molar-refractivity contribution < 1.29 is 23.1 Å². The highest BCUT2D eigenvalue weighted by Crippen LogP contribution is 2.26. The van der Waals surface area contributed by atoms with E-state index in [1.54, 1.807) is 24.3 Å². The van der Waals surface area contributed by atoms with Crippen LogP contribution in [0.25, 0.3) is 0 Å². The molecule has 1 amide bonds. The second kappa shape index (κ2) is 7.68. The molecule has 0 fully saturated rings. The maximum atomic E-state index is 13.3. The normalized spacial score (nSPS) is 15.8. The zero-order valence-electron chi connectivity index (χ0n) is 15.0. The highest BCUT2D eigenvalue weighted by molar-refractivity contribution is 5.95. The molecule has 1 atom stereocenters. The number of fused-ring (bicyclic) bond motifs is 1. The largest absolute Gasteiger partial charge is 0.459 e. The molecule has 5 nitrogen and oxygen atoms in total. The monoisotopic (exact) mass is 379 g/mol. The molecule has 0 N–H and O–H groups in total. The summed E-state index contributed by atoms with van der Waals surface area (Å²) in [4.78, 5) is 27.2. The number of furan rings is 1. The van der Waals surface area contributed by atoms with Gasteiger partial charge in [-0.25, -0.2) is 9.18 Å². The first-order valence-corrected chi connectivity index (χ1v) is 8.94. The molecule has 0 spiro atoms. The van der Waals surface area contributed by atoms with E-state index < -0.39 is 17.8 Å². The summed E-state index contributed by atoms with van der Waals surface area (Å²) in [6, 6.07) is 16.0. The summed E-state index contributed by atoms with van der Waals surface area (Å²) >= 11 is 0. The fourth-order valence-corrected chi connectivity index (χ4v) is 3.37. The Hall–Kier alpha value is -3.41. The molecule has 28 heavy (non-hydrogen) atoms. The number of carbonyl (C=O) groups excluding carboxylic acids is 2. The Labute approximate surface area is 161 Å². The number of ether oxygens (including phenoxy) is 1. The number of amides is 1. The van der Waals surface area contributed by atoms with Crippen molar-refractivity contribution in [3.05, 3.63) is 95.2 Å². The van der Waals surface area contributed by atoms with Crippen LogP contribution in [-0.2, 0) is 29.1 Å². The number of rotatable bonds is 4. The average Bonchev–Trinajstić information content (AvgIpc) is 3.25. The van der Waals surface area contributed by atoms with Crippen LogP contribution in [0.4, 0.5) is 4.39 Å². The number of hydrogen-bond acceptors (Lipinski definition) is 4. The van der Waals surface area contributed by atoms with Crippen molar-refractivity contribution in [2.75, 3.05) is 0 Å². The predicted molar refractivity (Wildman–Crippen MR) is 98.7 cm³/mol. The van der Waals surface area contributed by atoms with Crippen LogP contribution in [0.3, 0.4) is 0 Å². The van der Waals surface area contributed by atoms with Gasteiger partial charge in [0.25, 0.3) is 5.91 Å². The van der Waals surface area contributed by atoms with Crippen LogP contribution in [0.15, 0.2) is 71.3 Å². The van der Waals surface area contributed by atoms with Crippen LogP contribution in [0, 0.1) is 5.82 Å². The number of nitrogens with zero attached hydrogens (tertiary/aromatic N) is 1. The van der Waals surface area contributed by atoms with Gasteiger partial charge in [0.1, 0.15) is 18.5 Å². The van der Waals surface area contributed by atoms with Gasteiger partial charge in [-0.05, 0) is 41.0 Å². The first-order valence-electron chi connectivity index (χ1n) is 8.94. The van der Waals surface area contributed by atoms with Gasteiger partial charge in [0.15, 0.2) is 5.76 Å². The van der Waals surface area contributed by atoms with Crippen molar-refractivity contribution in [1.29, 1.82) is 0 Å². The second-order valence-electron chi connectivity index (χ2n) is 6.64. The molecule has 142 valence electrons. The molecule has 0 saturated carbocycles. The summed E-state index contributed by atoms with van der Waals surface area (Å²) in [7, 11) is 0. The smallest absolute Gasteiger partial charge is 0.329 e. The third kappa shape index (κ3) is 3.67. The molecule has 2 heterocycles. The summed E-state index contributed by atoms with van der Waals surface area (Å²) in [5.41, 5.74) is 2.53. The fraction of sp³-hybridized carbons (Fsp3) is 0.182. The van der Waals surface area contributed by atoms with Gasteiger partial charge in [0.2, 0.25) is 0 Å². The molecule has 3 aromatic rings. The Morgan fingerprint density at radius 2 is 1.89 bits per heavy atom. The van der Waals surface area contributed by atoms with E-state index in [-0.39, 0.29) is 24.8 Å². The minimum absolute atomic E-state index is 0.0580. The summed E-state index contributed by atoms with van der Waals surface area (Å²) in [6.45, 7) is 0.229. The number of halogens is 1. The highest BCUT2D eigenvalue weighted by Gasteiger charge is 2.37. The van der Waals surface area contributed by atoms with Crippen LogP contribution < -0.4 is 0 Å². The number of esters is 1. The van der Waals surface area contributed by atoms with E-state index in [2.05, 4.69) is 0 Å². The third-order valence-electron chi connectivity index (χ3n) is 4.78. The van der Waals surface area contributed by atoms with Crippen molar-refractivity contribution in [2.24, 2.45) is 0 Å². The molecule has 0 unspecified atom stereocenters. The lowest BCUT2D eigenvalue weighted by molar-refractivity contribution is -0.151.